The summed E-state index contributed by atoms with van der Waals surface area (Å²) in [5.41, 5.74) is 2.44. The maximum atomic E-state index is 13.2. The Morgan fingerprint density at radius 3 is 1.02 bits per heavy atom. The minimum atomic E-state index is -1.19. The molecule has 2 aromatic rings. The largest absolute Gasteiger partial charge is 0.513 e. The fraction of sp³-hybridized carbons (Fsp3) is 0.694. The van der Waals surface area contributed by atoms with Gasteiger partial charge in [-0.15, -0.1) is 9.78 Å². The fourth-order valence-corrected chi connectivity index (χ4v) is 6.99. The first-order valence-corrected chi connectivity index (χ1v) is 23.1. The van der Waals surface area contributed by atoms with Crippen molar-refractivity contribution in [2.24, 2.45) is 0 Å². The van der Waals surface area contributed by atoms with Gasteiger partial charge >= 0.3 is 18.1 Å². The number of unbranched alkanes of at least 4 members (excludes halogenated alkanes) is 24. The smallest absolute Gasteiger partial charge is 0.400 e. The van der Waals surface area contributed by atoms with Gasteiger partial charge in [-0.05, 0) is 51.0 Å². The molecule has 0 amide bonds. The molecule has 0 N–H and O–H groups in total. The Labute approximate surface area is 351 Å². The molecule has 328 valence electrons. The second kappa shape index (κ2) is 34.4. The van der Waals surface area contributed by atoms with Gasteiger partial charge in [-0.2, -0.15) is 0 Å². The van der Waals surface area contributed by atoms with Crippen molar-refractivity contribution in [2.75, 3.05) is 0 Å². The van der Waals surface area contributed by atoms with Crippen molar-refractivity contribution in [2.45, 2.75) is 220 Å². The van der Waals surface area contributed by atoms with Crippen LogP contribution in [0.25, 0.3) is 0 Å². The number of carbonyl (C=O) groups excluding carboxylic acids is 3. The van der Waals surface area contributed by atoms with E-state index < -0.39 is 30.7 Å². The number of ether oxygens (including phenoxy) is 2. The second-order valence-corrected chi connectivity index (χ2v) is 16.1. The van der Waals surface area contributed by atoms with E-state index in [0.29, 0.717) is 36.8 Å². The molecule has 0 saturated carbocycles. The Morgan fingerprint density at radius 2 is 0.724 bits per heavy atom. The van der Waals surface area contributed by atoms with Crippen LogP contribution in [0.1, 0.15) is 225 Å². The van der Waals surface area contributed by atoms with Crippen molar-refractivity contribution < 1.29 is 43.4 Å². The molecule has 2 rings (SSSR count). The molecule has 0 aliphatic heterocycles. The number of benzene rings is 2. The molecule has 0 heterocycles. The summed E-state index contributed by atoms with van der Waals surface area (Å²) in [6.07, 6.45) is 28.3. The molecule has 2 aromatic carbocycles. The van der Waals surface area contributed by atoms with Crippen LogP contribution >= 0.6 is 0 Å². The molecule has 0 saturated heterocycles. The van der Waals surface area contributed by atoms with Crippen molar-refractivity contribution in [3.05, 3.63) is 70.8 Å². The highest BCUT2D eigenvalue weighted by atomic mass is 17.2. The summed E-state index contributed by atoms with van der Waals surface area (Å²) in [6.45, 7) is 8.25. The molecule has 2 unspecified atom stereocenters. The average Bonchev–Trinajstić information content (AvgIpc) is 3.21. The standard InChI is InChI=1S/C49H78O9/c1-5-7-9-11-13-15-17-19-21-23-25-27-29-37-45(55-57-47(50)43-35-31-33-41(3)39-43)53-49(52)54-46(56-58-48(51)44-36-32-34-42(4)40-44)38-30-28-26-24-22-20-18-16-14-12-10-8-6-2/h31-36,39-40,45-46H,5-30,37-38H2,1-4H3. The van der Waals surface area contributed by atoms with Gasteiger partial charge in [0.25, 0.3) is 0 Å². The molecule has 0 fully saturated rings. The third-order valence-corrected chi connectivity index (χ3v) is 10.5. The Morgan fingerprint density at radius 1 is 0.431 bits per heavy atom. The van der Waals surface area contributed by atoms with Crippen LogP contribution in [0, 0.1) is 13.8 Å². The van der Waals surface area contributed by atoms with Crippen molar-refractivity contribution in [1.29, 1.82) is 0 Å². The van der Waals surface area contributed by atoms with E-state index in [9.17, 15) is 14.4 Å². The molecule has 9 nitrogen and oxygen atoms in total. The van der Waals surface area contributed by atoms with Crippen molar-refractivity contribution in [3.8, 4) is 0 Å². The van der Waals surface area contributed by atoms with E-state index in [1.807, 2.05) is 26.0 Å². The average molecular weight is 811 g/mol. The van der Waals surface area contributed by atoms with Gasteiger partial charge in [0, 0.05) is 12.8 Å². The van der Waals surface area contributed by atoms with Crippen LogP contribution in [0.5, 0.6) is 0 Å². The predicted octanol–water partition coefficient (Wildman–Crippen LogP) is 14.9. The molecule has 0 spiro atoms. The number of hydrogen-bond donors (Lipinski definition) is 0. The number of rotatable bonds is 36. The van der Waals surface area contributed by atoms with Crippen LogP contribution in [0.4, 0.5) is 4.79 Å². The van der Waals surface area contributed by atoms with Crippen molar-refractivity contribution in [3.63, 3.8) is 0 Å². The second-order valence-electron chi connectivity index (χ2n) is 16.1. The molecule has 9 heteroatoms. The Kier molecular flexibility index (Phi) is 30.1. The van der Waals surface area contributed by atoms with Gasteiger partial charge in [-0.3, -0.25) is 9.78 Å². The maximum Gasteiger partial charge on any atom is 0.513 e. The van der Waals surface area contributed by atoms with Gasteiger partial charge in [0.05, 0.1) is 11.1 Å². The van der Waals surface area contributed by atoms with E-state index in [0.717, 1.165) is 49.7 Å². The lowest BCUT2D eigenvalue weighted by Crippen LogP contribution is -2.28. The number of carbonyl (C=O) groups is 3. The third-order valence-electron chi connectivity index (χ3n) is 10.5. The summed E-state index contributed by atoms with van der Waals surface area (Å²) < 4.78 is 11.1. The lowest BCUT2D eigenvalue weighted by molar-refractivity contribution is -0.348. The first-order chi connectivity index (χ1) is 28.3. The molecular formula is C49H78O9. The van der Waals surface area contributed by atoms with Gasteiger partial charge in [0.15, 0.2) is 0 Å². The summed E-state index contributed by atoms with van der Waals surface area (Å²) in [6, 6.07) is 13.9. The first-order valence-electron chi connectivity index (χ1n) is 23.1. The molecule has 0 aliphatic carbocycles. The monoisotopic (exact) mass is 811 g/mol. The molecule has 58 heavy (non-hydrogen) atoms. The fourth-order valence-electron chi connectivity index (χ4n) is 6.99. The highest BCUT2D eigenvalue weighted by Crippen LogP contribution is 2.19. The van der Waals surface area contributed by atoms with Gasteiger partial charge in [-0.1, -0.05) is 203 Å². The summed E-state index contributed by atoms with van der Waals surface area (Å²) in [7, 11) is 0. The van der Waals surface area contributed by atoms with Crippen molar-refractivity contribution in [1.82, 2.24) is 0 Å². The van der Waals surface area contributed by atoms with E-state index in [1.54, 1.807) is 36.4 Å². The number of hydrogen-bond acceptors (Lipinski definition) is 9. The zero-order chi connectivity index (χ0) is 41.9. The predicted molar refractivity (Wildman–Crippen MR) is 231 cm³/mol. The topological polar surface area (TPSA) is 107 Å². The quantitative estimate of drug-likeness (QED) is 0.0218. The van der Waals surface area contributed by atoms with Crippen LogP contribution in [-0.4, -0.2) is 30.7 Å². The van der Waals surface area contributed by atoms with Crippen LogP contribution in [-0.2, 0) is 29.0 Å². The minimum Gasteiger partial charge on any atom is -0.400 e. The normalized spacial score (nSPS) is 12.2. The lowest BCUT2D eigenvalue weighted by atomic mass is 10.0. The van der Waals surface area contributed by atoms with E-state index in [2.05, 4.69) is 13.8 Å². The third kappa shape index (κ3) is 26.5. The molecular weight excluding hydrogens is 733 g/mol. The highest BCUT2D eigenvalue weighted by molar-refractivity contribution is 5.89. The Bertz CT molecular complexity index is 1250. The van der Waals surface area contributed by atoms with Crippen LogP contribution < -0.4 is 0 Å². The molecule has 0 bridgehead atoms. The number of aryl methyl sites for hydroxylation is 2. The summed E-state index contributed by atoms with van der Waals surface area (Å²) in [4.78, 5) is 59.8. The first kappa shape index (κ1) is 50.7. The van der Waals surface area contributed by atoms with Crippen LogP contribution in [0.2, 0.25) is 0 Å². The summed E-state index contributed by atoms with van der Waals surface area (Å²) >= 11 is 0. The Hall–Kier alpha value is -3.43. The Balaban J connectivity index is 1.87. The molecule has 0 radical (unpaired) electrons. The molecule has 2 atom stereocenters. The summed E-state index contributed by atoms with van der Waals surface area (Å²) in [5, 5.41) is 0. The zero-order valence-electron chi connectivity index (χ0n) is 36.7. The van der Waals surface area contributed by atoms with Gasteiger partial charge < -0.3 is 9.47 Å². The highest BCUT2D eigenvalue weighted by Gasteiger charge is 2.25. The van der Waals surface area contributed by atoms with Crippen LogP contribution in [0.3, 0.4) is 0 Å². The van der Waals surface area contributed by atoms with Gasteiger partial charge in [-0.25, -0.2) is 14.4 Å². The van der Waals surface area contributed by atoms with Gasteiger partial charge in [0.2, 0.25) is 12.6 Å². The van der Waals surface area contributed by atoms with Gasteiger partial charge in [0.1, 0.15) is 0 Å². The van der Waals surface area contributed by atoms with E-state index in [1.165, 1.54) is 116 Å². The van der Waals surface area contributed by atoms with E-state index >= 15 is 0 Å². The van der Waals surface area contributed by atoms with Crippen LogP contribution in [0.15, 0.2) is 48.5 Å². The molecule has 0 aromatic heterocycles. The lowest BCUT2D eigenvalue weighted by Gasteiger charge is -2.20. The maximum absolute atomic E-state index is 13.2. The van der Waals surface area contributed by atoms with Crippen molar-refractivity contribution >= 4 is 18.1 Å². The zero-order valence-corrected chi connectivity index (χ0v) is 36.7. The minimum absolute atomic E-state index is 0.306. The van der Waals surface area contributed by atoms with E-state index in [-0.39, 0.29) is 0 Å². The SMILES string of the molecule is CCCCCCCCCCCCCCCC(OOC(=O)c1cccc(C)c1)OC(=O)OC(CCCCCCCCCCCCCCC)OOC(=O)c1cccc(C)c1. The summed E-state index contributed by atoms with van der Waals surface area (Å²) in [5.74, 6) is -1.38. The van der Waals surface area contributed by atoms with E-state index in [4.69, 9.17) is 29.0 Å². The molecule has 0 aliphatic rings.